The summed E-state index contributed by atoms with van der Waals surface area (Å²) in [6.45, 7) is 42.5. The van der Waals surface area contributed by atoms with E-state index in [9.17, 15) is 9.90 Å². The van der Waals surface area contributed by atoms with Gasteiger partial charge in [-0.15, -0.1) is 81.0 Å². The second-order valence-corrected chi connectivity index (χ2v) is 30.3. The van der Waals surface area contributed by atoms with Crippen molar-refractivity contribution in [3.63, 3.8) is 0 Å². The number of fused-ring (bicyclic) bond motifs is 8. The van der Waals surface area contributed by atoms with Gasteiger partial charge in [-0.3, -0.25) is 14.8 Å². The molecule has 0 fully saturated rings. The molecule has 1 N–H and O–H groups in total. The summed E-state index contributed by atoms with van der Waals surface area (Å²) in [6.07, 6.45) is 9.92. The number of allylic oxidation sites excluding steroid dienone is 2. The van der Waals surface area contributed by atoms with Gasteiger partial charge in [0, 0.05) is 91.4 Å². The fourth-order valence-electron chi connectivity index (χ4n) is 12.9. The number of hydrogen-bond acceptors (Lipinski definition) is 6. The Labute approximate surface area is 554 Å². The number of rotatable bonds is 13. The summed E-state index contributed by atoms with van der Waals surface area (Å²) in [4.78, 5) is 21.6. The van der Waals surface area contributed by atoms with Gasteiger partial charge >= 0.3 is 0 Å². The fourth-order valence-corrected chi connectivity index (χ4v) is 15.5. The van der Waals surface area contributed by atoms with Gasteiger partial charge in [-0.25, -0.2) is 0 Å². The molecule has 11 aromatic rings. The molecule has 0 aliphatic carbocycles. The molecule has 4 heterocycles. The van der Waals surface area contributed by atoms with Gasteiger partial charge in [0.15, 0.2) is 5.78 Å². The van der Waals surface area contributed by atoms with Gasteiger partial charge < -0.3 is 5.11 Å². The molecule has 0 aliphatic rings. The first-order valence-electron chi connectivity index (χ1n) is 32.3. The van der Waals surface area contributed by atoms with Crippen LogP contribution in [0.5, 0.6) is 0 Å². The number of aliphatic hydroxyl groups excluding tert-OH is 1. The van der Waals surface area contributed by atoms with E-state index in [4.69, 9.17) is 9.97 Å². The predicted octanol–water partition coefficient (Wildman–Crippen LogP) is 24.7. The molecule has 0 atom stereocenters. The molecule has 0 saturated carbocycles. The SMILES string of the molecule is CCC(CC)C(=O)/C=C(\O)C(CC)CC.Cc1c(-c2c(C(C)C)cccc2C(C)C)ccc2c1sc1c(-c3[c-]c4ccccc4c(C(C)(C)C)c3)nccc12.Cc1c(CC(C)(C)C)ccc2c1sc1c(-c3[c-]c4ccccc4c(C(C)(C)C)c3)nccc12.[Ir]. The van der Waals surface area contributed by atoms with Gasteiger partial charge in [-0.1, -0.05) is 218 Å². The number of aliphatic hydroxyl groups is 1. The van der Waals surface area contributed by atoms with E-state index in [1.165, 1.54) is 107 Å². The summed E-state index contributed by atoms with van der Waals surface area (Å²) in [5.74, 6) is 1.47. The Bertz CT molecular complexity index is 4350. The van der Waals surface area contributed by atoms with Crippen LogP contribution in [0.3, 0.4) is 0 Å². The molecule has 0 unspecified atom stereocenters. The molecule has 1 radical (unpaired) electrons. The number of carbonyl (C=O) groups is 1. The number of aryl methyl sites for hydroxylation is 2. The van der Waals surface area contributed by atoms with E-state index in [1.54, 1.807) is 0 Å². The Morgan fingerprint density at radius 1 is 0.528 bits per heavy atom. The Morgan fingerprint density at radius 2 is 0.955 bits per heavy atom. The van der Waals surface area contributed by atoms with Gasteiger partial charge in [-0.05, 0) is 136 Å². The summed E-state index contributed by atoms with van der Waals surface area (Å²) in [5.41, 5.74) is 17.1. The van der Waals surface area contributed by atoms with Crippen molar-refractivity contribution >= 4 is 90.3 Å². The van der Waals surface area contributed by atoms with E-state index >= 15 is 0 Å². The summed E-state index contributed by atoms with van der Waals surface area (Å²) >= 11 is 3.77. The molecule has 7 aromatic carbocycles. The maximum Gasteiger partial charge on any atom is 0.162 e. The van der Waals surface area contributed by atoms with Crippen molar-refractivity contribution in [1.29, 1.82) is 0 Å². The maximum absolute atomic E-state index is 11.7. The van der Waals surface area contributed by atoms with Crippen molar-refractivity contribution in [3.05, 3.63) is 191 Å². The van der Waals surface area contributed by atoms with Crippen molar-refractivity contribution in [2.75, 3.05) is 0 Å². The van der Waals surface area contributed by atoms with E-state index in [0.29, 0.717) is 11.8 Å². The van der Waals surface area contributed by atoms with Crippen LogP contribution < -0.4 is 0 Å². The second-order valence-electron chi connectivity index (χ2n) is 28.3. The largest absolute Gasteiger partial charge is 0.512 e. The number of thiophene rings is 2. The average molecular weight is 1400 g/mol. The Morgan fingerprint density at radius 3 is 1.38 bits per heavy atom. The second kappa shape index (κ2) is 28.0. The van der Waals surface area contributed by atoms with Crippen molar-refractivity contribution in [1.82, 2.24) is 9.97 Å². The minimum atomic E-state index is 0. The molecule has 0 aliphatic heterocycles. The fraction of sp³-hybridized carbons (Fsp3) is 0.378. The summed E-state index contributed by atoms with van der Waals surface area (Å²) in [7, 11) is 0. The molecule has 0 bridgehead atoms. The van der Waals surface area contributed by atoms with Crippen molar-refractivity contribution in [3.8, 4) is 33.6 Å². The number of nitrogens with zero attached hydrogens (tertiary/aromatic N) is 2. The minimum Gasteiger partial charge on any atom is -0.512 e. The molecule has 0 amide bonds. The summed E-state index contributed by atoms with van der Waals surface area (Å²) in [5, 5.41) is 19.8. The zero-order valence-electron chi connectivity index (χ0n) is 56.4. The van der Waals surface area contributed by atoms with Crippen molar-refractivity contribution in [2.24, 2.45) is 17.3 Å². The molecule has 89 heavy (non-hydrogen) atoms. The van der Waals surface area contributed by atoms with Crippen LogP contribution in [0.2, 0.25) is 0 Å². The molecule has 11 rings (SSSR count). The van der Waals surface area contributed by atoms with Crippen molar-refractivity contribution < 1.29 is 30.0 Å². The number of pyridine rings is 2. The van der Waals surface area contributed by atoms with Crippen LogP contribution in [-0.4, -0.2) is 20.9 Å². The third kappa shape index (κ3) is 14.6. The Hall–Kier alpha value is -6.34. The molecule has 7 heteroatoms. The molecule has 0 spiro atoms. The van der Waals surface area contributed by atoms with Gasteiger partial charge in [0.2, 0.25) is 0 Å². The molecule has 467 valence electrons. The molecular formula is C82H94IrN2O2S2-2. The molecule has 4 aromatic heterocycles. The molecule has 4 nitrogen and oxygen atoms in total. The minimum absolute atomic E-state index is 0. The van der Waals surface area contributed by atoms with E-state index in [0.717, 1.165) is 65.4 Å². The third-order valence-corrected chi connectivity index (χ3v) is 20.5. The van der Waals surface area contributed by atoms with Crippen LogP contribution in [0.25, 0.3) is 95.5 Å². The Balaban J connectivity index is 0.000000189. The first-order valence-corrected chi connectivity index (χ1v) is 33.9. The predicted molar refractivity (Wildman–Crippen MR) is 385 cm³/mol. The average Bonchev–Trinajstić information content (AvgIpc) is 2.53. The van der Waals surface area contributed by atoms with Gasteiger partial charge in [0.05, 0.1) is 5.76 Å². The number of hydrogen-bond donors (Lipinski definition) is 1. The quantitative estimate of drug-likeness (QED) is 0.0710. The summed E-state index contributed by atoms with van der Waals surface area (Å²) in [6, 6.07) is 49.8. The topological polar surface area (TPSA) is 63.1 Å². The Kier molecular flexibility index (Phi) is 21.6. The third-order valence-electron chi connectivity index (χ3n) is 17.8. The monoisotopic (exact) mass is 1400 g/mol. The number of benzene rings is 7. The van der Waals surface area contributed by atoms with Crippen LogP contribution in [0.15, 0.2) is 139 Å². The van der Waals surface area contributed by atoms with Crippen LogP contribution in [0.1, 0.15) is 194 Å². The van der Waals surface area contributed by atoms with E-state index in [-0.39, 0.29) is 59.7 Å². The van der Waals surface area contributed by atoms with Gasteiger partial charge in [-0.2, -0.15) is 0 Å². The van der Waals surface area contributed by atoms with Gasteiger partial charge in [0.25, 0.3) is 0 Å². The smallest absolute Gasteiger partial charge is 0.162 e. The van der Waals surface area contributed by atoms with Crippen LogP contribution in [-0.2, 0) is 42.2 Å². The van der Waals surface area contributed by atoms with Crippen molar-refractivity contribution in [2.45, 2.75) is 186 Å². The normalized spacial score (nSPS) is 12.5. The van der Waals surface area contributed by atoms with Crippen LogP contribution in [0, 0.1) is 43.2 Å². The zero-order chi connectivity index (χ0) is 63.7. The number of aromatic nitrogens is 2. The zero-order valence-corrected chi connectivity index (χ0v) is 60.5. The standard InChI is InChI=1S/C38H38NS.C31H32NS.C13H24O2.Ir/c1-22(2)27-14-11-15-28(23(3)4)34(27)29-16-17-31-32-18-19-39-35(37(32)40-36(31)24(29)5)26-20-25-12-9-10-13-30(25)33(21-26)38(6,7)8;1-19-21(18-30(2,3)4)12-13-24-25-14-15-32-27(29(25)33-28(19)24)22-16-20-10-8-9-11-23(20)26(17-22)31(5,6)7;1-5-10(6-2)12(14)9-13(15)11(7-3)8-4;/h9-19,21-23H,1-8H3;8-15,17H,18H2,1-7H3;9-11,14H,5-8H2,1-4H3;/q2*-1;;/b;;12-9-;. The van der Waals surface area contributed by atoms with E-state index in [1.807, 2.05) is 62.8 Å². The number of ketones is 1. The maximum atomic E-state index is 11.7. The van der Waals surface area contributed by atoms with Crippen LogP contribution in [0.4, 0.5) is 0 Å². The van der Waals surface area contributed by atoms with Crippen LogP contribution >= 0.6 is 22.7 Å². The first kappa shape index (κ1) is 68.6. The van der Waals surface area contributed by atoms with Gasteiger partial charge in [0.1, 0.15) is 0 Å². The van der Waals surface area contributed by atoms with E-state index in [2.05, 4.69) is 231 Å². The number of carbonyl (C=O) groups excluding carboxylic acids is 1. The summed E-state index contributed by atoms with van der Waals surface area (Å²) < 4.78 is 5.24. The molecular weight excluding hydrogens is 1300 g/mol. The van der Waals surface area contributed by atoms with E-state index < -0.39 is 0 Å². The molecule has 0 saturated heterocycles. The first-order chi connectivity index (χ1) is 41.7.